The van der Waals surface area contributed by atoms with E-state index in [9.17, 15) is 8.42 Å². The maximum atomic E-state index is 12.2. The van der Waals surface area contributed by atoms with Crippen molar-refractivity contribution in [3.8, 4) is 0 Å². The molecular formula is C9H11BrClNO3S. The van der Waals surface area contributed by atoms with Gasteiger partial charge in [-0.05, 0) is 28.8 Å². The zero-order valence-electron chi connectivity index (χ0n) is 8.45. The van der Waals surface area contributed by atoms with E-state index in [1.807, 2.05) is 0 Å². The molecule has 16 heavy (non-hydrogen) atoms. The Kier molecular flexibility index (Phi) is 3.63. The van der Waals surface area contributed by atoms with Crippen LogP contribution in [0.4, 0.5) is 0 Å². The third kappa shape index (κ3) is 2.16. The van der Waals surface area contributed by atoms with Crippen LogP contribution in [-0.4, -0.2) is 25.8 Å². The molecule has 0 N–H and O–H groups in total. The molecule has 1 aromatic heterocycles. The molecule has 0 unspecified atom stereocenters. The predicted molar refractivity (Wildman–Crippen MR) is 64.0 cm³/mol. The Labute approximate surface area is 108 Å². The molecule has 0 bridgehead atoms. The maximum Gasteiger partial charge on any atom is 0.247 e. The second-order valence-corrected chi connectivity index (χ2v) is 6.49. The summed E-state index contributed by atoms with van der Waals surface area (Å²) in [4.78, 5) is 0.171. The molecule has 1 saturated heterocycles. The highest BCUT2D eigenvalue weighted by atomic mass is 79.9. The predicted octanol–water partition coefficient (Wildman–Crippen LogP) is 2.57. The monoisotopic (exact) mass is 327 g/mol. The van der Waals surface area contributed by atoms with Crippen molar-refractivity contribution in [1.29, 1.82) is 0 Å². The quantitative estimate of drug-likeness (QED) is 0.801. The minimum Gasteiger partial charge on any atom is -0.452 e. The number of sulfonamides is 1. The Morgan fingerprint density at radius 1 is 1.44 bits per heavy atom. The summed E-state index contributed by atoms with van der Waals surface area (Å²) in [6.45, 7) is 1.16. The van der Waals surface area contributed by atoms with Gasteiger partial charge in [0.15, 0.2) is 4.67 Å². The van der Waals surface area contributed by atoms with Crippen molar-refractivity contribution < 1.29 is 12.8 Å². The average molecular weight is 329 g/mol. The zero-order valence-corrected chi connectivity index (χ0v) is 11.6. The summed E-state index contributed by atoms with van der Waals surface area (Å²) in [6, 6.07) is 1.48. The number of nitrogens with zero attached hydrogens (tertiary/aromatic N) is 1. The second kappa shape index (κ2) is 4.68. The summed E-state index contributed by atoms with van der Waals surface area (Å²) in [5.74, 6) is 0.611. The minimum absolute atomic E-state index is 0.161. The van der Waals surface area contributed by atoms with E-state index in [4.69, 9.17) is 16.0 Å². The van der Waals surface area contributed by atoms with Crippen LogP contribution in [0, 0.1) is 0 Å². The molecular weight excluding hydrogens is 318 g/mol. The van der Waals surface area contributed by atoms with Gasteiger partial charge in [-0.15, -0.1) is 11.6 Å². The van der Waals surface area contributed by atoms with Crippen LogP contribution >= 0.6 is 27.5 Å². The number of rotatable bonds is 3. The Morgan fingerprint density at radius 3 is 2.56 bits per heavy atom. The fraction of sp³-hybridized carbons (Fsp3) is 0.556. The summed E-state index contributed by atoms with van der Waals surface area (Å²) >= 11 is 8.71. The van der Waals surface area contributed by atoms with Crippen molar-refractivity contribution in [2.24, 2.45) is 0 Å². The molecule has 0 spiro atoms. The molecule has 2 rings (SSSR count). The zero-order chi connectivity index (χ0) is 11.8. The Morgan fingerprint density at radius 2 is 2.06 bits per heavy atom. The summed E-state index contributed by atoms with van der Waals surface area (Å²) in [7, 11) is -3.42. The van der Waals surface area contributed by atoms with Gasteiger partial charge in [0, 0.05) is 19.2 Å². The van der Waals surface area contributed by atoms with Crippen LogP contribution in [-0.2, 0) is 15.9 Å². The summed E-state index contributed by atoms with van der Waals surface area (Å²) in [6.07, 6.45) is 1.83. The molecule has 0 aliphatic carbocycles. The molecule has 2 heterocycles. The first kappa shape index (κ1) is 12.4. The van der Waals surface area contributed by atoms with E-state index in [-0.39, 0.29) is 15.4 Å². The summed E-state index contributed by atoms with van der Waals surface area (Å²) < 4.78 is 31.2. The van der Waals surface area contributed by atoms with Crippen LogP contribution in [0.15, 0.2) is 20.0 Å². The largest absolute Gasteiger partial charge is 0.452 e. The maximum absolute atomic E-state index is 12.2. The first-order chi connectivity index (χ1) is 7.55. The highest BCUT2D eigenvalue weighted by Crippen LogP contribution is 2.30. The molecule has 1 aliphatic rings. The van der Waals surface area contributed by atoms with Crippen molar-refractivity contribution in [3.05, 3.63) is 16.5 Å². The number of hydrogen-bond donors (Lipinski definition) is 0. The minimum atomic E-state index is -3.42. The first-order valence-corrected chi connectivity index (χ1v) is 7.67. The molecule has 0 radical (unpaired) electrons. The van der Waals surface area contributed by atoms with Gasteiger partial charge >= 0.3 is 0 Å². The van der Waals surface area contributed by atoms with Gasteiger partial charge in [0.1, 0.15) is 10.7 Å². The normalized spacial score (nSPS) is 18.1. The van der Waals surface area contributed by atoms with Crippen molar-refractivity contribution in [2.75, 3.05) is 13.1 Å². The van der Waals surface area contributed by atoms with Crippen molar-refractivity contribution in [1.82, 2.24) is 4.31 Å². The lowest BCUT2D eigenvalue weighted by atomic mass is 10.4. The van der Waals surface area contributed by atoms with E-state index in [0.717, 1.165) is 12.8 Å². The van der Waals surface area contributed by atoms with Crippen molar-refractivity contribution in [3.63, 3.8) is 0 Å². The smallest absolute Gasteiger partial charge is 0.247 e. The van der Waals surface area contributed by atoms with Gasteiger partial charge in [0.05, 0.1) is 5.88 Å². The average Bonchev–Trinajstić information content (AvgIpc) is 2.85. The van der Waals surface area contributed by atoms with E-state index in [1.54, 1.807) is 0 Å². The molecule has 1 aromatic rings. The van der Waals surface area contributed by atoms with E-state index >= 15 is 0 Å². The standard InChI is InChI=1S/C9H11BrClNO3S/c10-9-8(5-7(6-11)15-9)16(13,14)12-3-1-2-4-12/h5H,1-4,6H2. The highest BCUT2D eigenvalue weighted by Gasteiger charge is 2.31. The van der Waals surface area contributed by atoms with Crippen molar-refractivity contribution in [2.45, 2.75) is 23.6 Å². The van der Waals surface area contributed by atoms with Gasteiger partial charge in [-0.3, -0.25) is 0 Å². The number of alkyl halides is 1. The first-order valence-electron chi connectivity index (χ1n) is 4.90. The fourth-order valence-electron chi connectivity index (χ4n) is 1.71. The van der Waals surface area contributed by atoms with Crippen LogP contribution in [0.3, 0.4) is 0 Å². The Bertz CT molecular complexity index is 479. The van der Waals surface area contributed by atoms with E-state index in [0.29, 0.717) is 18.8 Å². The molecule has 4 nitrogen and oxygen atoms in total. The van der Waals surface area contributed by atoms with Gasteiger partial charge in [-0.1, -0.05) is 0 Å². The highest BCUT2D eigenvalue weighted by molar-refractivity contribution is 9.10. The Hall–Kier alpha value is -0.0400. The van der Waals surface area contributed by atoms with Crippen LogP contribution in [0.2, 0.25) is 0 Å². The molecule has 0 amide bonds. The lowest BCUT2D eigenvalue weighted by Gasteiger charge is -2.13. The van der Waals surface area contributed by atoms with Crippen LogP contribution in [0.5, 0.6) is 0 Å². The van der Waals surface area contributed by atoms with Crippen LogP contribution < -0.4 is 0 Å². The molecule has 90 valence electrons. The van der Waals surface area contributed by atoms with E-state index in [1.165, 1.54) is 10.4 Å². The molecule has 0 atom stereocenters. The van der Waals surface area contributed by atoms with Crippen molar-refractivity contribution >= 4 is 37.6 Å². The van der Waals surface area contributed by atoms with Crippen LogP contribution in [0.1, 0.15) is 18.6 Å². The third-order valence-electron chi connectivity index (χ3n) is 2.52. The van der Waals surface area contributed by atoms with Gasteiger partial charge in [0.2, 0.25) is 10.0 Å². The number of halogens is 2. The van der Waals surface area contributed by atoms with Gasteiger partial charge < -0.3 is 4.42 Å². The van der Waals surface area contributed by atoms with Gasteiger partial charge in [0.25, 0.3) is 0 Å². The van der Waals surface area contributed by atoms with Gasteiger partial charge in [-0.25, -0.2) is 8.42 Å². The molecule has 0 saturated carbocycles. The lowest BCUT2D eigenvalue weighted by Crippen LogP contribution is -2.27. The Balaban J connectivity index is 2.38. The fourth-order valence-corrected chi connectivity index (χ4v) is 4.32. The molecule has 1 aliphatic heterocycles. The second-order valence-electron chi connectivity index (χ2n) is 3.60. The SMILES string of the molecule is O=S(=O)(c1cc(CCl)oc1Br)N1CCCC1. The summed E-state index contributed by atoms with van der Waals surface area (Å²) in [5.41, 5.74) is 0. The van der Waals surface area contributed by atoms with Crippen LogP contribution in [0.25, 0.3) is 0 Å². The summed E-state index contributed by atoms with van der Waals surface area (Å²) in [5, 5.41) is 0. The molecule has 0 aromatic carbocycles. The topological polar surface area (TPSA) is 50.5 Å². The molecule has 1 fully saturated rings. The number of furan rings is 1. The number of hydrogen-bond acceptors (Lipinski definition) is 3. The molecule has 7 heteroatoms. The van der Waals surface area contributed by atoms with E-state index < -0.39 is 10.0 Å². The van der Waals surface area contributed by atoms with Gasteiger partial charge in [-0.2, -0.15) is 4.31 Å². The third-order valence-corrected chi connectivity index (χ3v) is 5.54. The lowest BCUT2D eigenvalue weighted by molar-refractivity contribution is 0.468. The van der Waals surface area contributed by atoms with E-state index in [2.05, 4.69) is 15.9 Å².